The Labute approximate surface area is 75.1 Å². The van der Waals surface area contributed by atoms with E-state index < -0.39 is 0 Å². The van der Waals surface area contributed by atoms with Gasteiger partial charge in [-0.05, 0) is 5.25 Å². The fourth-order valence-electron chi connectivity index (χ4n) is 0.859. The fourth-order valence-corrected chi connectivity index (χ4v) is 3.65. The van der Waals surface area contributed by atoms with Gasteiger partial charge in [0.05, 0.1) is 0 Å². The zero-order valence-corrected chi connectivity index (χ0v) is 8.78. The molecule has 0 atom stereocenters. The van der Waals surface area contributed by atoms with Crippen LogP contribution in [0.2, 0.25) is 0 Å². The van der Waals surface area contributed by atoms with Crippen molar-refractivity contribution in [3.63, 3.8) is 0 Å². The Hall–Kier alpha value is 1.04. The third-order valence-corrected chi connectivity index (χ3v) is 3.28. The summed E-state index contributed by atoms with van der Waals surface area (Å²) in [5, 5.41) is 1.72. The van der Waals surface area contributed by atoms with Gasteiger partial charge in [-0.15, -0.1) is 0 Å². The average molecular weight is 257 g/mol. The maximum Gasteiger partial charge on any atom is 0.0321 e. The Morgan fingerprint density at radius 1 is 1.56 bits per heavy atom. The van der Waals surface area contributed by atoms with E-state index in [0.29, 0.717) is 0 Å². The minimum absolute atomic E-state index is 0.806. The van der Waals surface area contributed by atoms with Gasteiger partial charge in [0.2, 0.25) is 0 Å². The first-order chi connectivity index (χ1) is 4.18. The highest BCUT2D eigenvalue weighted by atomic mass is 127. The molecule has 1 nitrogen and oxygen atoms in total. The summed E-state index contributed by atoms with van der Waals surface area (Å²) < 4.78 is 2.33. The highest BCUT2D eigenvalue weighted by Gasteiger charge is 2.25. The van der Waals surface area contributed by atoms with Crippen LogP contribution < -0.4 is 0 Å². The zero-order chi connectivity index (χ0) is 6.85. The topological polar surface area (TPSA) is 3.24 Å². The molecule has 0 radical (unpaired) electrons. The lowest BCUT2D eigenvalue weighted by Crippen LogP contribution is -2.42. The van der Waals surface area contributed by atoms with E-state index in [9.17, 15) is 0 Å². The molecule has 1 heterocycles. The Morgan fingerprint density at radius 3 is 2.44 bits per heavy atom. The van der Waals surface area contributed by atoms with Crippen molar-refractivity contribution in [3.05, 3.63) is 0 Å². The molecule has 1 saturated heterocycles. The van der Waals surface area contributed by atoms with Gasteiger partial charge in [-0.1, -0.05) is 13.8 Å². The molecule has 1 rings (SSSR count). The highest BCUT2D eigenvalue weighted by Crippen LogP contribution is 2.27. The van der Waals surface area contributed by atoms with E-state index in [0.717, 1.165) is 10.5 Å². The van der Waals surface area contributed by atoms with Gasteiger partial charge in [-0.2, -0.15) is 11.8 Å². The number of nitrogens with zero attached hydrogens (tertiary/aromatic N) is 1. The van der Waals surface area contributed by atoms with E-state index in [1.165, 1.54) is 13.1 Å². The molecule has 1 fully saturated rings. The standard InChI is InChI=1S/C6H12INS/c1-5(2)9-6-3-8(7)4-6/h5-6H,3-4H2,1-2H3. The molecular formula is C6H12INS. The molecule has 1 aliphatic rings. The summed E-state index contributed by atoms with van der Waals surface area (Å²) in [6.45, 7) is 7.09. The summed E-state index contributed by atoms with van der Waals surface area (Å²) in [5.74, 6) is 0. The Morgan fingerprint density at radius 2 is 2.11 bits per heavy atom. The van der Waals surface area contributed by atoms with E-state index in [4.69, 9.17) is 0 Å². The lowest BCUT2D eigenvalue weighted by atomic mass is 10.3. The van der Waals surface area contributed by atoms with Crippen LogP contribution in [0.3, 0.4) is 0 Å². The predicted octanol–water partition coefficient (Wildman–Crippen LogP) is 2.16. The molecule has 3 heteroatoms. The minimum Gasteiger partial charge on any atom is -0.245 e. The molecule has 0 aromatic rings. The van der Waals surface area contributed by atoms with E-state index in [1.807, 2.05) is 0 Å². The van der Waals surface area contributed by atoms with Gasteiger partial charge < -0.3 is 0 Å². The van der Waals surface area contributed by atoms with Crippen LogP contribution in [0.4, 0.5) is 0 Å². The summed E-state index contributed by atoms with van der Waals surface area (Å²) in [5.41, 5.74) is 0. The van der Waals surface area contributed by atoms with Gasteiger partial charge in [0.1, 0.15) is 0 Å². The first-order valence-electron chi connectivity index (χ1n) is 3.24. The summed E-state index contributed by atoms with van der Waals surface area (Å²) in [6.07, 6.45) is 0. The first kappa shape index (κ1) is 8.14. The normalized spacial score (nSPS) is 22.7. The third-order valence-electron chi connectivity index (χ3n) is 1.27. The van der Waals surface area contributed by atoms with Crippen molar-refractivity contribution in [2.24, 2.45) is 0 Å². The number of hydrogen-bond acceptors (Lipinski definition) is 2. The van der Waals surface area contributed by atoms with Gasteiger partial charge in [0.25, 0.3) is 0 Å². The number of thioether (sulfide) groups is 1. The van der Waals surface area contributed by atoms with Crippen LogP contribution >= 0.6 is 34.6 Å². The summed E-state index contributed by atoms with van der Waals surface area (Å²) in [4.78, 5) is 0. The summed E-state index contributed by atoms with van der Waals surface area (Å²) in [7, 11) is 0. The second kappa shape index (κ2) is 3.44. The van der Waals surface area contributed by atoms with Crippen LogP contribution in [0.15, 0.2) is 0 Å². The van der Waals surface area contributed by atoms with Crippen molar-refractivity contribution < 1.29 is 0 Å². The van der Waals surface area contributed by atoms with Crippen LogP contribution in [0.25, 0.3) is 0 Å². The van der Waals surface area contributed by atoms with Crippen molar-refractivity contribution in [2.45, 2.75) is 24.3 Å². The molecule has 54 valence electrons. The number of hydrogen-bond donors (Lipinski definition) is 0. The van der Waals surface area contributed by atoms with Crippen LogP contribution in [0, 0.1) is 0 Å². The van der Waals surface area contributed by atoms with E-state index in [1.54, 1.807) is 0 Å². The van der Waals surface area contributed by atoms with Crippen LogP contribution in [0.5, 0.6) is 0 Å². The smallest absolute Gasteiger partial charge is 0.0321 e. The van der Waals surface area contributed by atoms with Crippen molar-refractivity contribution in [2.75, 3.05) is 13.1 Å². The first-order valence-corrected chi connectivity index (χ1v) is 5.15. The van der Waals surface area contributed by atoms with E-state index >= 15 is 0 Å². The molecule has 0 unspecified atom stereocenters. The SMILES string of the molecule is CC(C)SC1CN(I)C1. The maximum absolute atomic E-state index is 2.38. The molecule has 0 aromatic heterocycles. The number of rotatable bonds is 2. The Kier molecular flexibility index (Phi) is 3.11. The van der Waals surface area contributed by atoms with Crippen LogP contribution in [0.1, 0.15) is 13.8 Å². The second-order valence-corrected chi connectivity index (χ2v) is 5.88. The minimum atomic E-state index is 0.806. The molecule has 0 amide bonds. The average Bonchev–Trinajstić information content (AvgIpc) is 1.60. The molecular weight excluding hydrogens is 245 g/mol. The van der Waals surface area contributed by atoms with Crippen molar-refractivity contribution >= 4 is 34.6 Å². The summed E-state index contributed by atoms with van der Waals surface area (Å²) >= 11 is 4.47. The monoisotopic (exact) mass is 257 g/mol. The molecule has 0 N–H and O–H groups in total. The zero-order valence-electron chi connectivity index (χ0n) is 5.80. The highest BCUT2D eigenvalue weighted by molar-refractivity contribution is 14.1. The molecule has 0 saturated carbocycles. The van der Waals surface area contributed by atoms with E-state index in [2.05, 4.69) is 51.6 Å². The second-order valence-electron chi connectivity index (χ2n) is 2.63. The predicted molar refractivity (Wildman–Crippen MR) is 52.1 cm³/mol. The van der Waals surface area contributed by atoms with Gasteiger partial charge in [-0.3, -0.25) is 0 Å². The van der Waals surface area contributed by atoms with Gasteiger partial charge >= 0.3 is 0 Å². The molecule has 0 aliphatic carbocycles. The molecule has 0 aromatic carbocycles. The maximum atomic E-state index is 2.38. The van der Waals surface area contributed by atoms with Gasteiger partial charge in [0, 0.05) is 41.2 Å². The molecule has 0 spiro atoms. The van der Waals surface area contributed by atoms with Gasteiger partial charge in [0.15, 0.2) is 0 Å². The number of halogens is 1. The molecule has 0 bridgehead atoms. The molecule has 1 aliphatic heterocycles. The lowest BCUT2D eigenvalue weighted by molar-refractivity contribution is 0.389. The van der Waals surface area contributed by atoms with Gasteiger partial charge in [-0.25, -0.2) is 3.11 Å². The summed E-state index contributed by atoms with van der Waals surface area (Å²) in [6, 6.07) is 0. The quantitative estimate of drug-likeness (QED) is 0.551. The Balaban J connectivity index is 2.04. The van der Waals surface area contributed by atoms with Crippen molar-refractivity contribution in [1.82, 2.24) is 3.11 Å². The lowest BCUT2D eigenvalue weighted by Gasteiger charge is -2.34. The van der Waals surface area contributed by atoms with Crippen LogP contribution in [-0.4, -0.2) is 26.7 Å². The Bertz CT molecular complexity index is 91.1. The van der Waals surface area contributed by atoms with Crippen LogP contribution in [-0.2, 0) is 0 Å². The molecule has 9 heavy (non-hydrogen) atoms. The largest absolute Gasteiger partial charge is 0.245 e. The van der Waals surface area contributed by atoms with Crippen molar-refractivity contribution in [1.29, 1.82) is 0 Å². The van der Waals surface area contributed by atoms with E-state index in [-0.39, 0.29) is 0 Å². The van der Waals surface area contributed by atoms with Crippen molar-refractivity contribution in [3.8, 4) is 0 Å². The fraction of sp³-hybridized carbons (Fsp3) is 1.00. The third kappa shape index (κ3) is 2.63.